The van der Waals surface area contributed by atoms with Gasteiger partial charge in [0.15, 0.2) is 0 Å². The molecule has 0 bridgehead atoms. The van der Waals surface area contributed by atoms with Crippen molar-refractivity contribution in [3.8, 4) is 0 Å². The molecular formula is C11H8F3N3O2S. The van der Waals surface area contributed by atoms with Crippen molar-refractivity contribution in [2.45, 2.75) is 12.6 Å². The summed E-state index contributed by atoms with van der Waals surface area (Å²) in [4.78, 5) is 14.4. The third-order valence-corrected chi connectivity index (χ3v) is 2.94. The Kier molecular flexibility index (Phi) is 3.71. The largest absolute Gasteiger partial charge is 0.471 e. The molecule has 20 heavy (non-hydrogen) atoms. The van der Waals surface area contributed by atoms with Crippen LogP contribution in [0.3, 0.4) is 0 Å². The second-order valence-electron chi connectivity index (χ2n) is 4.06. The minimum atomic E-state index is -4.70. The van der Waals surface area contributed by atoms with Crippen molar-refractivity contribution in [1.82, 2.24) is 10.1 Å². The number of nitrogens with zero attached hydrogens (tertiary/aromatic N) is 2. The maximum Gasteiger partial charge on any atom is 0.471 e. The molecule has 0 saturated carbocycles. The van der Waals surface area contributed by atoms with Crippen LogP contribution in [0.15, 0.2) is 22.8 Å². The number of nitrogens with two attached hydrogens (primary N) is 1. The van der Waals surface area contributed by atoms with Crippen LogP contribution < -0.4 is 5.73 Å². The molecule has 1 amide bonds. The number of allylic oxidation sites excluding steroid dienone is 4. The number of rotatable bonds is 3. The van der Waals surface area contributed by atoms with Crippen LogP contribution >= 0.6 is 12.2 Å². The molecule has 1 heterocycles. The van der Waals surface area contributed by atoms with Crippen molar-refractivity contribution in [2.75, 3.05) is 0 Å². The van der Waals surface area contributed by atoms with Gasteiger partial charge in [0.2, 0.25) is 11.7 Å². The lowest BCUT2D eigenvalue weighted by molar-refractivity contribution is -0.159. The summed E-state index contributed by atoms with van der Waals surface area (Å²) >= 11 is 5.06. The summed E-state index contributed by atoms with van der Waals surface area (Å²) in [6.07, 6.45) is -0.174. The molecule has 0 saturated heterocycles. The molecule has 9 heteroatoms. The fourth-order valence-electron chi connectivity index (χ4n) is 1.60. The van der Waals surface area contributed by atoms with E-state index in [4.69, 9.17) is 18.0 Å². The number of halogens is 3. The molecule has 1 atom stereocenters. The van der Waals surface area contributed by atoms with E-state index in [1.54, 1.807) is 6.08 Å². The van der Waals surface area contributed by atoms with Crippen LogP contribution in [-0.2, 0) is 11.0 Å². The zero-order chi connectivity index (χ0) is 14.9. The maximum atomic E-state index is 12.3. The van der Waals surface area contributed by atoms with E-state index >= 15 is 0 Å². The highest BCUT2D eigenvalue weighted by molar-refractivity contribution is 7.80. The number of hydrogen-bond donors (Lipinski definition) is 1. The smallest absolute Gasteiger partial charge is 0.370 e. The van der Waals surface area contributed by atoms with Crippen molar-refractivity contribution >= 4 is 28.6 Å². The van der Waals surface area contributed by atoms with Crippen LogP contribution in [0.2, 0.25) is 0 Å². The van der Waals surface area contributed by atoms with Crippen LogP contribution in [0.5, 0.6) is 0 Å². The van der Waals surface area contributed by atoms with Gasteiger partial charge in [-0.05, 0) is 6.08 Å². The summed E-state index contributed by atoms with van der Waals surface area (Å²) in [5.74, 6) is -2.50. The topological polar surface area (TPSA) is 82.0 Å². The monoisotopic (exact) mass is 303 g/mol. The predicted molar refractivity (Wildman–Crippen MR) is 66.3 cm³/mol. The fourth-order valence-corrected chi connectivity index (χ4v) is 1.89. The number of carbonyl (C=O) groups is 1. The SMILES string of the molecule is NC(=O)CC1C=CC(c2noc(C(F)(F)F)n2)=CC1=S. The van der Waals surface area contributed by atoms with E-state index in [9.17, 15) is 18.0 Å². The third-order valence-electron chi connectivity index (χ3n) is 2.52. The second-order valence-corrected chi connectivity index (χ2v) is 4.53. The van der Waals surface area contributed by atoms with Gasteiger partial charge in [-0.1, -0.05) is 29.5 Å². The normalized spacial score (nSPS) is 19.1. The molecule has 1 aromatic heterocycles. The molecule has 2 rings (SSSR count). The highest BCUT2D eigenvalue weighted by Crippen LogP contribution is 2.29. The number of primary amides is 1. The summed E-state index contributed by atoms with van der Waals surface area (Å²) < 4.78 is 41.1. The highest BCUT2D eigenvalue weighted by Gasteiger charge is 2.38. The molecule has 0 aromatic carbocycles. The van der Waals surface area contributed by atoms with Gasteiger partial charge in [0.05, 0.1) is 0 Å². The van der Waals surface area contributed by atoms with E-state index in [-0.39, 0.29) is 23.7 Å². The van der Waals surface area contributed by atoms with E-state index in [0.29, 0.717) is 4.86 Å². The van der Waals surface area contributed by atoms with Crippen LogP contribution in [0.4, 0.5) is 13.2 Å². The average molecular weight is 303 g/mol. The number of alkyl halides is 3. The molecule has 1 aliphatic carbocycles. The molecule has 2 N–H and O–H groups in total. The van der Waals surface area contributed by atoms with Gasteiger partial charge in [-0.3, -0.25) is 4.79 Å². The molecular weight excluding hydrogens is 295 g/mol. The van der Waals surface area contributed by atoms with Gasteiger partial charge in [0.25, 0.3) is 0 Å². The van der Waals surface area contributed by atoms with Gasteiger partial charge < -0.3 is 10.3 Å². The van der Waals surface area contributed by atoms with Crippen LogP contribution in [0.1, 0.15) is 18.1 Å². The van der Waals surface area contributed by atoms with Crippen LogP contribution in [0.25, 0.3) is 5.57 Å². The second kappa shape index (κ2) is 5.16. The van der Waals surface area contributed by atoms with E-state index in [2.05, 4.69) is 14.7 Å². The molecule has 0 radical (unpaired) electrons. The molecule has 1 aliphatic rings. The summed E-state index contributed by atoms with van der Waals surface area (Å²) in [5, 5.41) is 3.25. The van der Waals surface area contributed by atoms with Crippen molar-refractivity contribution in [1.29, 1.82) is 0 Å². The lowest BCUT2D eigenvalue weighted by atomic mass is 9.93. The van der Waals surface area contributed by atoms with E-state index < -0.39 is 18.0 Å². The standard InChI is InChI=1S/C11H8F3N3O2S/c12-11(13,14)10-16-9(17-19-10)6-2-1-5(4-8(15)18)7(20)3-6/h1-3,5H,4H2,(H2,15,18). The van der Waals surface area contributed by atoms with Crippen LogP contribution in [-0.4, -0.2) is 20.9 Å². The summed E-state index contributed by atoms with van der Waals surface area (Å²) in [6, 6.07) is 0. The quantitative estimate of drug-likeness (QED) is 0.862. The highest BCUT2D eigenvalue weighted by atomic mass is 32.1. The fraction of sp³-hybridized carbons (Fsp3) is 0.273. The minimum Gasteiger partial charge on any atom is -0.370 e. The first-order chi connectivity index (χ1) is 9.27. The van der Waals surface area contributed by atoms with Gasteiger partial charge >= 0.3 is 12.1 Å². The number of thiocarbonyl (C=S) groups is 1. The Morgan fingerprint density at radius 2 is 2.20 bits per heavy atom. The lowest BCUT2D eigenvalue weighted by Crippen LogP contribution is -2.20. The molecule has 5 nitrogen and oxygen atoms in total. The van der Waals surface area contributed by atoms with Gasteiger partial charge in [0.1, 0.15) is 0 Å². The first-order valence-electron chi connectivity index (χ1n) is 5.40. The molecule has 0 fully saturated rings. The van der Waals surface area contributed by atoms with Gasteiger partial charge in [-0.25, -0.2) is 0 Å². The Balaban J connectivity index is 2.20. The van der Waals surface area contributed by atoms with E-state index in [1.807, 2.05) is 0 Å². The first kappa shape index (κ1) is 14.4. The predicted octanol–water partition coefficient (Wildman–Crippen LogP) is 1.90. The van der Waals surface area contributed by atoms with Crippen molar-refractivity contribution in [3.05, 3.63) is 29.9 Å². The average Bonchev–Trinajstić information content (AvgIpc) is 2.80. The number of amides is 1. The lowest BCUT2D eigenvalue weighted by Gasteiger charge is -2.14. The molecule has 0 aliphatic heterocycles. The Hall–Kier alpha value is -2.03. The number of carbonyl (C=O) groups excluding carboxylic acids is 1. The zero-order valence-corrected chi connectivity index (χ0v) is 10.7. The van der Waals surface area contributed by atoms with E-state index in [1.165, 1.54) is 12.2 Å². The van der Waals surface area contributed by atoms with Gasteiger partial charge in [-0.15, -0.1) is 0 Å². The van der Waals surface area contributed by atoms with Gasteiger partial charge in [-0.2, -0.15) is 18.2 Å². The van der Waals surface area contributed by atoms with E-state index in [0.717, 1.165) is 0 Å². The maximum absolute atomic E-state index is 12.3. The Morgan fingerprint density at radius 3 is 2.70 bits per heavy atom. The minimum absolute atomic E-state index is 0.0408. The first-order valence-corrected chi connectivity index (χ1v) is 5.81. The van der Waals surface area contributed by atoms with Crippen LogP contribution in [0, 0.1) is 5.92 Å². The zero-order valence-electron chi connectivity index (χ0n) is 9.85. The summed E-state index contributed by atoms with van der Waals surface area (Å²) in [6.45, 7) is 0. The van der Waals surface area contributed by atoms with Crippen molar-refractivity contribution < 1.29 is 22.5 Å². The summed E-state index contributed by atoms with van der Waals surface area (Å²) in [5.41, 5.74) is 5.35. The number of hydrogen-bond acceptors (Lipinski definition) is 5. The van der Waals surface area contributed by atoms with Crippen molar-refractivity contribution in [3.63, 3.8) is 0 Å². The molecule has 1 aromatic rings. The Labute approximate surface area is 116 Å². The number of aromatic nitrogens is 2. The van der Waals surface area contributed by atoms with Gasteiger partial charge in [0, 0.05) is 22.8 Å². The Morgan fingerprint density at radius 1 is 1.50 bits per heavy atom. The Bertz CT molecular complexity index is 619. The third kappa shape index (κ3) is 3.10. The molecule has 1 unspecified atom stereocenters. The van der Waals surface area contributed by atoms with Crippen molar-refractivity contribution in [2.24, 2.45) is 11.7 Å². The molecule has 0 spiro atoms. The summed E-state index contributed by atoms with van der Waals surface area (Å²) in [7, 11) is 0. The molecule has 106 valence electrons.